The minimum Gasteiger partial charge on any atom is -0.497 e. The molecule has 2 heteroatoms. The average Bonchev–Trinajstić information content (AvgIpc) is 2.25. The Morgan fingerprint density at radius 3 is 2.75 bits per heavy atom. The number of nitrogens with one attached hydrogen (secondary N) is 1. The highest BCUT2D eigenvalue weighted by Crippen LogP contribution is 2.41. The molecule has 0 saturated carbocycles. The van der Waals surface area contributed by atoms with E-state index in [0.717, 1.165) is 12.2 Å². The maximum atomic E-state index is 5.30. The first kappa shape index (κ1) is 11.5. The van der Waals surface area contributed by atoms with Gasteiger partial charge in [-0.2, -0.15) is 0 Å². The molecule has 1 aliphatic carbocycles. The van der Waals surface area contributed by atoms with Gasteiger partial charge in [0.15, 0.2) is 0 Å². The molecule has 0 fully saturated rings. The van der Waals surface area contributed by atoms with Gasteiger partial charge in [0.25, 0.3) is 0 Å². The van der Waals surface area contributed by atoms with Crippen molar-refractivity contribution in [1.82, 2.24) is 5.32 Å². The fraction of sp³-hybridized carbons (Fsp3) is 0.571. The number of benzene rings is 1. The van der Waals surface area contributed by atoms with E-state index < -0.39 is 0 Å². The molecule has 0 spiro atoms. The van der Waals surface area contributed by atoms with Crippen LogP contribution >= 0.6 is 0 Å². The maximum absolute atomic E-state index is 5.30. The van der Waals surface area contributed by atoms with Crippen molar-refractivity contribution >= 4 is 0 Å². The Hall–Kier alpha value is -1.02. The maximum Gasteiger partial charge on any atom is 0.119 e. The van der Waals surface area contributed by atoms with Crippen LogP contribution in [0.4, 0.5) is 0 Å². The Morgan fingerprint density at radius 1 is 1.38 bits per heavy atom. The van der Waals surface area contributed by atoms with Gasteiger partial charge in [-0.1, -0.05) is 19.9 Å². The molecule has 0 heterocycles. The van der Waals surface area contributed by atoms with Crippen molar-refractivity contribution in [1.29, 1.82) is 0 Å². The second-order valence-electron chi connectivity index (χ2n) is 5.45. The van der Waals surface area contributed by atoms with Gasteiger partial charge in [0, 0.05) is 6.04 Å². The molecule has 1 unspecified atom stereocenters. The highest BCUT2D eigenvalue weighted by atomic mass is 16.5. The monoisotopic (exact) mass is 219 g/mol. The minimum absolute atomic E-state index is 0.368. The van der Waals surface area contributed by atoms with Gasteiger partial charge in [-0.3, -0.25) is 0 Å². The zero-order valence-corrected chi connectivity index (χ0v) is 10.6. The van der Waals surface area contributed by atoms with Crippen LogP contribution in [0.25, 0.3) is 0 Å². The Bertz CT molecular complexity index is 384. The van der Waals surface area contributed by atoms with Gasteiger partial charge < -0.3 is 10.1 Å². The largest absolute Gasteiger partial charge is 0.497 e. The number of ether oxygens (including phenoxy) is 1. The zero-order chi connectivity index (χ0) is 11.8. The molecule has 2 rings (SSSR count). The summed E-state index contributed by atoms with van der Waals surface area (Å²) in [6.07, 6.45) is 2.33. The van der Waals surface area contributed by atoms with Gasteiger partial charge in [0.2, 0.25) is 0 Å². The van der Waals surface area contributed by atoms with Crippen LogP contribution in [-0.4, -0.2) is 14.2 Å². The normalized spacial score (nSPS) is 22.6. The van der Waals surface area contributed by atoms with Crippen LogP contribution in [0.2, 0.25) is 0 Å². The number of fused-ring (bicyclic) bond motifs is 1. The van der Waals surface area contributed by atoms with Gasteiger partial charge in [-0.05, 0) is 48.6 Å². The van der Waals surface area contributed by atoms with Gasteiger partial charge in [-0.25, -0.2) is 0 Å². The molecule has 2 nitrogen and oxygen atoms in total. The second kappa shape index (κ2) is 4.10. The smallest absolute Gasteiger partial charge is 0.119 e. The van der Waals surface area contributed by atoms with E-state index in [2.05, 4.69) is 37.4 Å². The molecule has 0 bridgehead atoms. The molecular formula is C14H21NO. The third-order valence-electron chi connectivity index (χ3n) is 3.50. The van der Waals surface area contributed by atoms with Crippen LogP contribution in [0.1, 0.15) is 37.4 Å². The standard InChI is InChI=1S/C14H21NO/c1-14(2)8-10-7-11(16-4)5-6-12(10)13(9-14)15-3/h5-7,13,15H,8-9H2,1-4H3. The summed E-state index contributed by atoms with van der Waals surface area (Å²) in [7, 11) is 3.77. The van der Waals surface area contributed by atoms with Crippen molar-refractivity contribution in [2.24, 2.45) is 5.41 Å². The summed E-state index contributed by atoms with van der Waals surface area (Å²) in [4.78, 5) is 0. The van der Waals surface area contributed by atoms with Crippen molar-refractivity contribution in [3.63, 3.8) is 0 Å². The fourth-order valence-electron chi connectivity index (χ4n) is 2.71. The van der Waals surface area contributed by atoms with E-state index >= 15 is 0 Å². The van der Waals surface area contributed by atoms with Crippen LogP contribution in [0, 0.1) is 5.41 Å². The van der Waals surface area contributed by atoms with Crippen LogP contribution in [0.3, 0.4) is 0 Å². The third kappa shape index (κ3) is 2.07. The molecule has 1 aromatic rings. The van der Waals surface area contributed by atoms with E-state index in [1.165, 1.54) is 17.5 Å². The first-order valence-corrected chi connectivity index (χ1v) is 5.90. The second-order valence-corrected chi connectivity index (χ2v) is 5.45. The molecule has 0 aromatic heterocycles. The topological polar surface area (TPSA) is 21.3 Å². The lowest BCUT2D eigenvalue weighted by Crippen LogP contribution is -2.31. The lowest BCUT2D eigenvalue weighted by Gasteiger charge is -2.37. The van der Waals surface area contributed by atoms with Crippen LogP contribution in [-0.2, 0) is 6.42 Å². The van der Waals surface area contributed by atoms with Crippen molar-refractivity contribution in [3.05, 3.63) is 29.3 Å². The van der Waals surface area contributed by atoms with Crippen molar-refractivity contribution in [2.75, 3.05) is 14.2 Å². The number of methoxy groups -OCH3 is 1. The van der Waals surface area contributed by atoms with E-state index in [1.807, 2.05) is 7.05 Å². The lowest BCUT2D eigenvalue weighted by atomic mass is 9.72. The molecule has 0 amide bonds. The zero-order valence-electron chi connectivity index (χ0n) is 10.6. The van der Waals surface area contributed by atoms with Gasteiger partial charge in [0.1, 0.15) is 5.75 Å². The minimum atomic E-state index is 0.368. The summed E-state index contributed by atoms with van der Waals surface area (Å²) in [5.74, 6) is 0.964. The molecule has 0 saturated heterocycles. The van der Waals surface area contributed by atoms with E-state index in [1.54, 1.807) is 7.11 Å². The third-order valence-corrected chi connectivity index (χ3v) is 3.50. The van der Waals surface area contributed by atoms with Crippen molar-refractivity contribution < 1.29 is 4.74 Å². The highest BCUT2D eigenvalue weighted by Gasteiger charge is 2.31. The average molecular weight is 219 g/mol. The Kier molecular flexibility index (Phi) is 2.94. The first-order chi connectivity index (χ1) is 7.55. The Balaban J connectivity index is 2.42. The SMILES string of the molecule is CNC1CC(C)(C)Cc2cc(OC)ccc21. The molecule has 0 radical (unpaired) electrons. The van der Waals surface area contributed by atoms with Crippen molar-refractivity contribution in [2.45, 2.75) is 32.7 Å². The van der Waals surface area contributed by atoms with E-state index in [-0.39, 0.29) is 0 Å². The van der Waals surface area contributed by atoms with E-state index in [9.17, 15) is 0 Å². The van der Waals surface area contributed by atoms with Crippen molar-refractivity contribution in [3.8, 4) is 5.75 Å². The van der Waals surface area contributed by atoms with E-state index in [0.29, 0.717) is 11.5 Å². The predicted octanol–water partition coefficient (Wildman–Crippen LogP) is 2.93. The molecule has 1 N–H and O–H groups in total. The number of hydrogen-bond donors (Lipinski definition) is 1. The lowest BCUT2D eigenvalue weighted by molar-refractivity contribution is 0.264. The van der Waals surface area contributed by atoms with Crippen LogP contribution in [0.15, 0.2) is 18.2 Å². The summed E-state index contributed by atoms with van der Waals surface area (Å²) >= 11 is 0. The molecular weight excluding hydrogens is 198 g/mol. The molecule has 16 heavy (non-hydrogen) atoms. The fourth-order valence-corrected chi connectivity index (χ4v) is 2.71. The summed E-state index contributed by atoms with van der Waals surface area (Å²) in [6, 6.07) is 6.91. The molecule has 88 valence electrons. The van der Waals surface area contributed by atoms with E-state index in [4.69, 9.17) is 4.74 Å². The number of hydrogen-bond acceptors (Lipinski definition) is 2. The summed E-state index contributed by atoms with van der Waals surface area (Å²) in [5, 5.41) is 3.41. The summed E-state index contributed by atoms with van der Waals surface area (Å²) < 4.78 is 5.30. The number of rotatable bonds is 2. The molecule has 0 aliphatic heterocycles. The highest BCUT2D eigenvalue weighted by molar-refractivity contribution is 5.40. The van der Waals surface area contributed by atoms with Gasteiger partial charge in [0.05, 0.1) is 7.11 Å². The van der Waals surface area contributed by atoms with Crippen LogP contribution < -0.4 is 10.1 Å². The quantitative estimate of drug-likeness (QED) is 0.825. The summed E-state index contributed by atoms with van der Waals surface area (Å²) in [5.41, 5.74) is 3.23. The molecule has 1 aromatic carbocycles. The molecule has 1 atom stereocenters. The Labute approximate surface area is 98.0 Å². The summed E-state index contributed by atoms with van der Waals surface area (Å²) in [6.45, 7) is 4.67. The first-order valence-electron chi connectivity index (χ1n) is 5.90. The van der Waals surface area contributed by atoms with Gasteiger partial charge in [-0.15, -0.1) is 0 Å². The molecule has 1 aliphatic rings. The van der Waals surface area contributed by atoms with Gasteiger partial charge >= 0.3 is 0 Å². The van der Waals surface area contributed by atoms with Crippen LogP contribution in [0.5, 0.6) is 5.75 Å². The predicted molar refractivity (Wildman–Crippen MR) is 66.9 cm³/mol. The Morgan fingerprint density at radius 2 is 2.12 bits per heavy atom.